The van der Waals surface area contributed by atoms with E-state index in [1.54, 1.807) is 4.90 Å². The fraction of sp³-hybridized carbons (Fsp3) is 0.316. The molecular weight excluding hydrogens is 288 g/mol. The number of anilines is 1. The molecule has 2 aromatic carbocycles. The number of amides is 2. The van der Waals surface area contributed by atoms with E-state index in [0.717, 1.165) is 24.3 Å². The number of rotatable bonds is 4. The molecule has 1 atom stereocenters. The smallest absolute Gasteiger partial charge is 0.322 e. The highest BCUT2D eigenvalue weighted by Gasteiger charge is 2.28. The van der Waals surface area contributed by atoms with Crippen LogP contribution in [0.3, 0.4) is 0 Å². The molecule has 1 aliphatic rings. The lowest BCUT2D eigenvalue weighted by atomic mass is 10.1. The first-order valence-corrected chi connectivity index (χ1v) is 8.13. The first-order chi connectivity index (χ1) is 11.3. The van der Waals surface area contributed by atoms with Crippen LogP contribution in [0.1, 0.15) is 18.9 Å². The van der Waals surface area contributed by atoms with Crippen molar-refractivity contribution in [3.63, 3.8) is 0 Å². The molecule has 3 rings (SSSR count). The van der Waals surface area contributed by atoms with Crippen LogP contribution < -0.4 is 15.0 Å². The Bertz CT molecular complexity index is 657. The van der Waals surface area contributed by atoms with Gasteiger partial charge in [0.1, 0.15) is 11.9 Å². The summed E-state index contributed by atoms with van der Waals surface area (Å²) >= 11 is 0. The fourth-order valence-corrected chi connectivity index (χ4v) is 2.76. The number of hydrogen-bond donors (Lipinski definition) is 1. The molecule has 0 fully saturated rings. The standard InChI is InChI=1S/C19H22N2O2/c1-2-16-14-21(17-10-6-7-11-18(17)23-16)19(22)20-13-12-15-8-4-3-5-9-15/h3-11,16H,2,12-14H2,1H3,(H,20,22). The number of benzene rings is 2. The molecular formula is C19H22N2O2. The van der Waals surface area contributed by atoms with Gasteiger partial charge in [0, 0.05) is 6.54 Å². The van der Waals surface area contributed by atoms with Gasteiger partial charge >= 0.3 is 6.03 Å². The van der Waals surface area contributed by atoms with Crippen molar-refractivity contribution >= 4 is 11.7 Å². The molecule has 4 heteroatoms. The molecule has 120 valence electrons. The minimum atomic E-state index is -0.0601. The second kappa shape index (κ2) is 7.18. The average molecular weight is 310 g/mol. The average Bonchev–Trinajstić information content (AvgIpc) is 2.61. The van der Waals surface area contributed by atoms with Gasteiger partial charge in [0.15, 0.2) is 0 Å². The summed E-state index contributed by atoms with van der Waals surface area (Å²) in [5.41, 5.74) is 2.07. The van der Waals surface area contributed by atoms with Crippen LogP contribution in [-0.2, 0) is 6.42 Å². The third-order valence-electron chi connectivity index (χ3n) is 4.07. The quantitative estimate of drug-likeness (QED) is 0.937. The summed E-state index contributed by atoms with van der Waals surface area (Å²) in [6, 6.07) is 17.8. The minimum Gasteiger partial charge on any atom is -0.486 e. The highest BCUT2D eigenvalue weighted by molar-refractivity contribution is 5.94. The van der Waals surface area contributed by atoms with Crippen LogP contribution in [-0.4, -0.2) is 25.2 Å². The Morgan fingerprint density at radius 1 is 1.17 bits per heavy atom. The maximum Gasteiger partial charge on any atom is 0.322 e. The van der Waals surface area contributed by atoms with Crippen LogP contribution >= 0.6 is 0 Å². The summed E-state index contributed by atoms with van der Waals surface area (Å²) in [7, 11) is 0. The molecule has 0 saturated heterocycles. The van der Waals surface area contributed by atoms with Crippen LogP contribution in [0.4, 0.5) is 10.5 Å². The molecule has 1 unspecified atom stereocenters. The zero-order valence-corrected chi connectivity index (χ0v) is 13.4. The summed E-state index contributed by atoms with van der Waals surface area (Å²) in [5.74, 6) is 0.781. The topological polar surface area (TPSA) is 41.6 Å². The molecule has 4 nitrogen and oxygen atoms in total. The van der Waals surface area contributed by atoms with Crippen LogP contribution in [0.25, 0.3) is 0 Å². The van der Waals surface area contributed by atoms with Gasteiger partial charge in [-0.1, -0.05) is 49.4 Å². The van der Waals surface area contributed by atoms with E-state index in [0.29, 0.717) is 13.1 Å². The van der Waals surface area contributed by atoms with Gasteiger partial charge in [-0.05, 0) is 30.5 Å². The summed E-state index contributed by atoms with van der Waals surface area (Å²) in [4.78, 5) is 14.4. The van der Waals surface area contributed by atoms with E-state index < -0.39 is 0 Å². The highest BCUT2D eigenvalue weighted by atomic mass is 16.5. The van der Waals surface area contributed by atoms with Gasteiger partial charge in [0.25, 0.3) is 0 Å². The Balaban J connectivity index is 1.64. The van der Waals surface area contributed by atoms with Crippen LogP contribution in [0.2, 0.25) is 0 Å². The van der Waals surface area contributed by atoms with E-state index in [4.69, 9.17) is 4.74 Å². The first kappa shape index (κ1) is 15.4. The fourth-order valence-electron chi connectivity index (χ4n) is 2.76. The van der Waals surface area contributed by atoms with Crippen LogP contribution in [0, 0.1) is 0 Å². The molecule has 0 saturated carbocycles. The maximum atomic E-state index is 12.6. The number of fused-ring (bicyclic) bond motifs is 1. The van der Waals surface area contributed by atoms with Crippen molar-refractivity contribution in [1.29, 1.82) is 0 Å². The van der Waals surface area contributed by atoms with Gasteiger partial charge in [0.05, 0.1) is 12.2 Å². The zero-order chi connectivity index (χ0) is 16.1. The second-order valence-electron chi connectivity index (χ2n) is 5.69. The van der Waals surface area contributed by atoms with Gasteiger partial charge < -0.3 is 10.1 Å². The van der Waals surface area contributed by atoms with E-state index in [1.807, 2.05) is 42.5 Å². The van der Waals surface area contributed by atoms with Gasteiger partial charge in [0.2, 0.25) is 0 Å². The molecule has 0 aliphatic carbocycles. The number of nitrogens with one attached hydrogen (secondary N) is 1. The second-order valence-corrected chi connectivity index (χ2v) is 5.69. The zero-order valence-electron chi connectivity index (χ0n) is 13.4. The Hall–Kier alpha value is -2.49. The molecule has 0 radical (unpaired) electrons. The monoisotopic (exact) mass is 310 g/mol. The predicted octanol–water partition coefficient (Wildman–Crippen LogP) is 3.62. The van der Waals surface area contributed by atoms with Gasteiger partial charge in [-0.15, -0.1) is 0 Å². The van der Waals surface area contributed by atoms with Gasteiger partial charge in [-0.2, -0.15) is 0 Å². The summed E-state index contributed by atoms with van der Waals surface area (Å²) < 4.78 is 5.91. The molecule has 23 heavy (non-hydrogen) atoms. The Kier molecular flexibility index (Phi) is 4.81. The van der Waals surface area contributed by atoms with Crippen molar-refractivity contribution in [3.05, 3.63) is 60.2 Å². The lowest BCUT2D eigenvalue weighted by Crippen LogP contribution is -2.48. The molecule has 1 aliphatic heterocycles. The number of urea groups is 1. The molecule has 1 N–H and O–H groups in total. The number of hydrogen-bond acceptors (Lipinski definition) is 2. The first-order valence-electron chi connectivity index (χ1n) is 8.13. The van der Waals surface area contributed by atoms with Crippen molar-refractivity contribution in [1.82, 2.24) is 5.32 Å². The Morgan fingerprint density at radius 3 is 2.70 bits per heavy atom. The predicted molar refractivity (Wildman–Crippen MR) is 92.0 cm³/mol. The molecule has 0 aromatic heterocycles. The molecule has 1 heterocycles. The van der Waals surface area contributed by atoms with E-state index in [1.165, 1.54) is 5.56 Å². The molecule has 2 aromatic rings. The largest absolute Gasteiger partial charge is 0.486 e. The van der Waals surface area contributed by atoms with E-state index in [9.17, 15) is 4.79 Å². The Labute approximate surface area is 137 Å². The van der Waals surface area contributed by atoms with Crippen molar-refractivity contribution < 1.29 is 9.53 Å². The van der Waals surface area contributed by atoms with Gasteiger partial charge in [-0.3, -0.25) is 4.90 Å². The number of ether oxygens (including phenoxy) is 1. The van der Waals surface area contributed by atoms with Gasteiger partial charge in [-0.25, -0.2) is 4.79 Å². The normalized spacial score (nSPS) is 16.4. The van der Waals surface area contributed by atoms with Crippen LogP contribution in [0.5, 0.6) is 5.75 Å². The van der Waals surface area contributed by atoms with Crippen molar-refractivity contribution in [2.45, 2.75) is 25.9 Å². The van der Waals surface area contributed by atoms with Crippen molar-refractivity contribution in [3.8, 4) is 5.75 Å². The molecule has 0 spiro atoms. The third kappa shape index (κ3) is 3.65. The number of nitrogens with zero attached hydrogens (tertiary/aromatic N) is 1. The molecule has 2 amide bonds. The number of para-hydroxylation sites is 2. The third-order valence-corrected chi connectivity index (χ3v) is 4.07. The highest BCUT2D eigenvalue weighted by Crippen LogP contribution is 2.33. The van der Waals surface area contributed by atoms with Crippen molar-refractivity contribution in [2.75, 3.05) is 18.0 Å². The van der Waals surface area contributed by atoms with Crippen LogP contribution in [0.15, 0.2) is 54.6 Å². The summed E-state index contributed by atoms with van der Waals surface area (Å²) in [5, 5.41) is 3.02. The van der Waals surface area contributed by atoms with E-state index in [2.05, 4.69) is 24.4 Å². The summed E-state index contributed by atoms with van der Waals surface area (Å²) in [6.45, 7) is 3.29. The Morgan fingerprint density at radius 2 is 1.91 bits per heavy atom. The summed E-state index contributed by atoms with van der Waals surface area (Å²) in [6.07, 6.45) is 1.75. The SMILES string of the molecule is CCC1CN(C(=O)NCCc2ccccc2)c2ccccc2O1. The van der Waals surface area contributed by atoms with Crippen molar-refractivity contribution in [2.24, 2.45) is 0 Å². The maximum absolute atomic E-state index is 12.6. The minimum absolute atomic E-state index is 0.0461. The lowest BCUT2D eigenvalue weighted by molar-refractivity contribution is 0.186. The lowest BCUT2D eigenvalue weighted by Gasteiger charge is -2.34. The number of carbonyl (C=O) groups is 1. The van der Waals surface area contributed by atoms with E-state index in [-0.39, 0.29) is 12.1 Å². The molecule has 0 bridgehead atoms. The number of carbonyl (C=O) groups excluding carboxylic acids is 1. The van der Waals surface area contributed by atoms with E-state index >= 15 is 0 Å².